The lowest BCUT2D eigenvalue weighted by atomic mass is 9.85. The summed E-state index contributed by atoms with van der Waals surface area (Å²) in [5, 5.41) is 0.606. The van der Waals surface area contributed by atoms with Crippen LogP contribution in [0.3, 0.4) is 0 Å². The molecule has 0 unspecified atom stereocenters. The Morgan fingerprint density at radius 3 is 2.69 bits per heavy atom. The quantitative estimate of drug-likeness (QED) is 0.566. The average molecular weight is 455 g/mol. The van der Waals surface area contributed by atoms with Crippen molar-refractivity contribution in [1.29, 1.82) is 0 Å². The van der Waals surface area contributed by atoms with Crippen LogP contribution in [0.5, 0.6) is 11.5 Å². The predicted octanol–water partition coefficient (Wildman–Crippen LogP) is 5.13. The first-order valence-corrected chi connectivity index (χ1v) is 11.5. The van der Waals surface area contributed by atoms with Crippen molar-refractivity contribution in [2.24, 2.45) is 0 Å². The second-order valence-corrected chi connectivity index (χ2v) is 9.03. The highest BCUT2D eigenvalue weighted by atomic mass is 35.5. The lowest BCUT2D eigenvalue weighted by Crippen LogP contribution is -2.57. The minimum Gasteiger partial charge on any atom is -0.495 e. The molecule has 2 aromatic rings. The molecule has 0 radical (unpaired) electrons. The van der Waals surface area contributed by atoms with Crippen LogP contribution < -0.4 is 14.4 Å². The second-order valence-electron chi connectivity index (χ2n) is 8.62. The molecule has 0 aromatic heterocycles. The number of hydrogen-bond acceptors (Lipinski definition) is 5. The molecule has 0 saturated carbocycles. The number of ether oxygens (including phenoxy) is 2. The van der Waals surface area contributed by atoms with E-state index in [2.05, 4.69) is 36.3 Å². The zero-order valence-corrected chi connectivity index (χ0v) is 19.8. The normalized spacial score (nSPS) is 21.2. The van der Waals surface area contributed by atoms with Crippen LogP contribution in [0.2, 0.25) is 5.02 Å². The number of piperazine rings is 1. The maximum atomic E-state index is 12.8. The van der Waals surface area contributed by atoms with Crippen molar-refractivity contribution >= 4 is 23.1 Å². The first-order valence-electron chi connectivity index (χ1n) is 11.1. The number of halogens is 1. The van der Waals surface area contributed by atoms with Gasteiger partial charge in [-0.2, -0.15) is 0 Å². The molecule has 2 heterocycles. The van der Waals surface area contributed by atoms with Gasteiger partial charge in [-0.1, -0.05) is 30.3 Å². The number of carbonyl (C=O) groups is 1. The molecule has 2 saturated heterocycles. The molecule has 0 spiro atoms. The molecule has 0 aliphatic carbocycles. The summed E-state index contributed by atoms with van der Waals surface area (Å²) in [7, 11) is 1.63. The SMILES string of the molecule is C=CCOc1ccc([C@H]2CC(=O)C[C@H]3CN(c4ccc(Cl)c(OC)c4)CCN32)c(C)c1C. The molecule has 2 atom stereocenters. The summed E-state index contributed by atoms with van der Waals surface area (Å²) in [6, 6.07) is 10.3. The number of nitrogens with zero attached hydrogens (tertiary/aromatic N) is 2. The van der Waals surface area contributed by atoms with Crippen LogP contribution in [0.25, 0.3) is 0 Å². The molecule has 32 heavy (non-hydrogen) atoms. The molecular weight excluding hydrogens is 424 g/mol. The molecule has 170 valence electrons. The maximum absolute atomic E-state index is 12.8. The Kier molecular flexibility index (Phi) is 6.77. The van der Waals surface area contributed by atoms with Gasteiger partial charge in [0.25, 0.3) is 0 Å². The van der Waals surface area contributed by atoms with Gasteiger partial charge in [0.1, 0.15) is 23.9 Å². The monoisotopic (exact) mass is 454 g/mol. The fourth-order valence-electron chi connectivity index (χ4n) is 4.99. The molecule has 5 nitrogen and oxygen atoms in total. The number of methoxy groups -OCH3 is 1. The Balaban J connectivity index is 1.57. The van der Waals surface area contributed by atoms with Crippen LogP contribution in [-0.2, 0) is 4.79 Å². The van der Waals surface area contributed by atoms with Crippen LogP contribution in [0.15, 0.2) is 43.0 Å². The van der Waals surface area contributed by atoms with E-state index in [1.54, 1.807) is 13.2 Å². The lowest BCUT2D eigenvalue weighted by molar-refractivity contribution is -0.125. The van der Waals surface area contributed by atoms with Crippen LogP contribution in [0.4, 0.5) is 5.69 Å². The number of fused-ring (bicyclic) bond motifs is 1. The van der Waals surface area contributed by atoms with E-state index in [1.165, 1.54) is 11.1 Å². The number of hydrogen-bond donors (Lipinski definition) is 0. The van der Waals surface area contributed by atoms with Crippen molar-refractivity contribution in [2.75, 3.05) is 38.3 Å². The van der Waals surface area contributed by atoms with Gasteiger partial charge >= 0.3 is 0 Å². The summed E-state index contributed by atoms with van der Waals surface area (Å²) in [6.07, 6.45) is 2.91. The third kappa shape index (κ3) is 4.37. The Morgan fingerprint density at radius 1 is 1.12 bits per heavy atom. The van der Waals surface area contributed by atoms with Crippen LogP contribution in [0.1, 0.15) is 35.6 Å². The lowest BCUT2D eigenvalue weighted by Gasteiger charge is -2.49. The number of Topliss-reactive ketones (excluding diaryl/α,β-unsaturated/α-hetero) is 1. The smallest absolute Gasteiger partial charge is 0.139 e. The molecule has 2 aromatic carbocycles. The first-order chi connectivity index (χ1) is 15.4. The van der Waals surface area contributed by atoms with Crippen molar-refractivity contribution < 1.29 is 14.3 Å². The van der Waals surface area contributed by atoms with Crippen molar-refractivity contribution in [2.45, 2.75) is 38.8 Å². The van der Waals surface area contributed by atoms with Crippen molar-refractivity contribution in [3.8, 4) is 11.5 Å². The number of benzene rings is 2. The summed E-state index contributed by atoms with van der Waals surface area (Å²) >= 11 is 6.21. The number of carbonyl (C=O) groups excluding carboxylic acids is 1. The number of ketones is 1. The Bertz CT molecular complexity index is 1020. The molecule has 0 bridgehead atoms. The van der Waals surface area contributed by atoms with E-state index in [1.807, 2.05) is 24.3 Å². The number of piperidine rings is 1. The van der Waals surface area contributed by atoms with E-state index in [4.69, 9.17) is 21.1 Å². The van der Waals surface area contributed by atoms with Crippen LogP contribution >= 0.6 is 11.6 Å². The van der Waals surface area contributed by atoms with Gasteiger partial charge in [0, 0.05) is 56.3 Å². The summed E-state index contributed by atoms with van der Waals surface area (Å²) in [5.74, 6) is 1.89. The summed E-state index contributed by atoms with van der Waals surface area (Å²) in [6.45, 7) is 11.0. The van der Waals surface area contributed by atoms with Crippen LogP contribution in [0, 0.1) is 13.8 Å². The van der Waals surface area contributed by atoms with Crippen molar-refractivity contribution in [1.82, 2.24) is 4.90 Å². The minimum atomic E-state index is 0.107. The molecule has 0 N–H and O–H groups in total. The second kappa shape index (κ2) is 9.55. The highest BCUT2D eigenvalue weighted by Gasteiger charge is 2.39. The van der Waals surface area contributed by atoms with Gasteiger partial charge in [-0.3, -0.25) is 9.69 Å². The number of rotatable bonds is 6. The maximum Gasteiger partial charge on any atom is 0.139 e. The highest BCUT2D eigenvalue weighted by molar-refractivity contribution is 6.32. The molecule has 6 heteroatoms. The molecule has 2 aliphatic rings. The minimum absolute atomic E-state index is 0.107. The zero-order valence-electron chi connectivity index (χ0n) is 19.1. The van der Waals surface area contributed by atoms with Crippen molar-refractivity contribution in [3.63, 3.8) is 0 Å². The van der Waals surface area contributed by atoms with Gasteiger partial charge in [-0.05, 0) is 48.7 Å². The third-order valence-corrected chi connectivity index (χ3v) is 7.12. The fraction of sp³-hybridized carbons (Fsp3) is 0.423. The van der Waals surface area contributed by atoms with E-state index in [0.29, 0.717) is 36.0 Å². The average Bonchev–Trinajstić information content (AvgIpc) is 2.79. The molecule has 2 aliphatic heterocycles. The van der Waals surface area contributed by atoms with Gasteiger partial charge in [0.2, 0.25) is 0 Å². The highest BCUT2D eigenvalue weighted by Crippen LogP contribution is 2.39. The van der Waals surface area contributed by atoms with Gasteiger partial charge in [-0.25, -0.2) is 0 Å². The zero-order chi connectivity index (χ0) is 22.8. The third-order valence-electron chi connectivity index (χ3n) is 6.81. The summed E-state index contributed by atoms with van der Waals surface area (Å²) < 4.78 is 11.2. The van der Waals surface area contributed by atoms with Gasteiger partial charge in [-0.15, -0.1) is 0 Å². The summed E-state index contributed by atoms with van der Waals surface area (Å²) in [4.78, 5) is 17.6. The largest absolute Gasteiger partial charge is 0.495 e. The van der Waals surface area contributed by atoms with E-state index >= 15 is 0 Å². The first kappa shape index (κ1) is 22.7. The topological polar surface area (TPSA) is 42.0 Å². The predicted molar refractivity (Wildman–Crippen MR) is 129 cm³/mol. The fourth-order valence-corrected chi connectivity index (χ4v) is 5.19. The Hall–Kier alpha value is -2.50. The molecular formula is C26H31ClN2O3. The van der Waals surface area contributed by atoms with E-state index in [9.17, 15) is 4.79 Å². The Morgan fingerprint density at radius 2 is 1.94 bits per heavy atom. The van der Waals surface area contributed by atoms with Crippen LogP contribution in [-0.4, -0.2) is 50.1 Å². The molecule has 2 fully saturated rings. The molecule has 4 rings (SSSR count). The van der Waals surface area contributed by atoms with Gasteiger partial charge in [0.15, 0.2) is 0 Å². The summed E-state index contributed by atoms with van der Waals surface area (Å²) in [5.41, 5.74) is 4.64. The van der Waals surface area contributed by atoms with Gasteiger partial charge < -0.3 is 14.4 Å². The molecule has 0 amide bonds. The van der Waals surface area contributed by atoms with E-state index in [0.717, 1.165) is 36.6 Å². The number of anilines is 1. The van der Waals surface area contributed by atoms with E-state index < -0.39 is 0 Å². The van der Waals surface area contributed by atoms with Gasteiger partial charge in [0.05, 0.1) is 12.1 Å². The van der Waals surface area contributed by atoms with E-state index in [-0.39, 0.29) is 12.1 Å². The Labute approximate surface area is 195 Å². The van der Waals surface area contributed by atoms with Crippen molar-refractivity contribution in [3.05, 3.63) is 64.7 Å². The standard InChI is InChI=1S/C26H31ClN2O3/c1-5-12-32-25-9-7-22(17(2)18(25)3)24-15-21(30)13-20-16-28(10-11-29(20)24)19-6-8-23(27)26(14-19)31-4/h5-9,14,20,24H,1,10-13,15-16H2,2-4H3/t20-,24+/m0/s1.